The Morgan fingerprint density at radius 2 is 1.92 bits per heavy atom. The van der Waals surface area contributed by atoms with Crippen LogP contribution in [0.1, 0.15) is 17.5 Å². The molecule has 1 aromatic rings. The first kappa shape index (κ1) is 10.1. The average molecular weight is 186 g/mol. The molecule has 0 unspecified atom stereocenters. The summed E-state index contributed by atoms with van der Waals surface area (Å²) in [6.45, 7) is 1.52. The van der Waals surface area contributed by atoms with Gasteiger partial charge in [-0.15, -0.1) is 0 Å². The molecule has 0 saturated heterocycles. The maximum atomic E-state index is 13.1. The summed E-state index contributed by atoms with van der Waals surface area (Å²) in [5, 5.41) is 8.53. The lowest BCUT2D eigenvalue weighted by atomic mass is 10.1. The fourth-order valence-corrected chi connectivity index (χ4v) is 1.15. The second-order valence-electron chi connectivity index (χ2n) is 3.02. The third-order valence-corrected chi connectivity index (χ3v) is 1.93. The standard InChI is InChI=1S/C10H12F2O/c1-7-5-10(12)8(3-2-4-13)6-9(7)11/h5-6,13H,2-4H2,1H3. The van der Waals surface area contributed by atoms with Crippen LogP contribution in [-0.4, -0.2) is 11.7 Å². The lowest BCUT2D eigenvalue weighted by Crippen LogP contribution is -1.96. The van der Waals surface area contributed by atoms with E-state index in [2.05, 4.69) is 0 Å². The van der Waals surface area contributed by atoms with Crippen molar-refractivity contribution < 1.29 is 13.9 Å². The zero-order chi connectivity index (χ0) is 9.84. The van der Waals surface area contributed by atoms with Crippen LogP contribution in [0.4, 0.5) is 8.78 Å². The van der Waals surface area contributed by atoms with E-state index in [-0.39, 0.29) is 6.61 Å². The molecule has 0 fully saturated rings. The number of rotatable bonds is 3. The normalized spacial score (nSPS) is 10.5. The molecule has 0 aliphatic rings. The predicted octanol–water partition coefficient (Wildman–Crippen LogP) is 2.20. The highest BCUT2D eigenvalue weighted by molar-refractivity contribution is 5.25. The number of hydrogen-bond acceptors (Lipinski definition) is 1. The van der Waals surface area contributed by atoms with E-state index in [1.807, 2.05) is 0 Å². The summed E-state index contributed by atoms with van der Waals surface area (Å²) in [7, 11) is 0. The molecule has 0 atom stereocenters. The zero-order valence-electron chi connectivity index (χ0n) is 7.48. The van der Waals surface area contributed by atoms with Crippen molar-refractivity contribution in [2.45, 2.75) is 19.8 Å². The van der Waals surface area contributed by atoms with Crippen molar-refractivity contribution in [2.24, 2.45) is 0 Å². The van der Waals surface area contributed by atoms with Gasteiger partial charge in [-0.25, -0.2) is 8.78 Å². The molecule has 0 saturated carbocycles. The highest BCUT2D eigenvalue weighted by Crippen LogP contribution is 2.15. The van der Waals surface area contributed by atoms with Crippen LogP contribution in [0, 0.1) is 18.6 Å². The quantitative estimate of drug-likeness (QED) is 0.767. The van der Waals surface area contributed by atoms with Gasteiger partial charge >= 0.3 is 0 Å². The van der Waals surface area contributed by atoms with Crippen molar-refractivity contribution >= 4 is 0 Å². The Hall–Kier alpha value is -0.960. The molecule has 0 amide bonds. The van der Waals surface area contributed by atoms with Crippen molar-refractivity contribution in [3.8, 4) is 0 Å². The number of aliphatic hydroxyl groups excluding tert-OH is 1. The SMILES string of the molecule is Cc1cc(F)c(CCCO)cc1F. The second kappa shape index (κ2) is 4.33. The molecule has 0 aliphatic heterocycles. The number of halogens is 2. The summed E-state index contributed by atoms with van der Waals surface area (Å²) in [6.07, 6.45) is 0.832. The Labute approximate surface area is 76.0 Å². The maximum Gasteiger partial charge on any atom is 0.126 e. The lowest BCUT2D eigenvalue weighted by Gasteiger charge is -2.03. The van der Waals surface area contributed by atoms with E-state index in [9.17, 15) is 8.78 Å². The van der Waals surface area contributed by atoms with Crippen LogP contribution >= 0.6 is 0 Å². The van der Waals surface area contributed by atoms with Gasteiger partial charge in [0.2, 0.25) is 0 Å². The minimum Gasteiger partial charge on any atom is -0.396 e. The van der Waals surface area contributed by atoms with E-state index in [1.165, 1.54) is 19.1 Å². The molecule has 13 heavy (non-hydrogen) atoms. The van der Waals surface area contributed by atoms with Crippen LogP contribution in [0.15, 0.2) is 12.1 Å². The molecule has 72 valence electrons. The first-order valence-corrected chi connectivity index (χ1v) is 4.20. The van der Waals surface area contributed by atoms with Gasteiger partial charge in [0, 0.05) is 6.61 Å². The van der Waals surface area contributed by atoms with Gasteiger partial charge in [-0.05, 0) is 43.0 Å². The molecule has 1 aromatic carbocycles. The predicted molar refractivity (Wildman–Crippen MR) is 46.5 cm³/mol. The largest absolute Gasteiger partial charge is 0.396 e. The highest BCUT2D eigenvalue weighted by atomic mass is 19.1. The van der Waals surface area contributed by atoms with Gasteiger partial charge in [0.1, 0.15) is 11.6 Å². The number of hydrogen-bond donors (Lipinski definition) is 1. The van der Waals surface area contributed by atoms with Gasteiger partial charge in [0.05, 0.1) is 0 Å². The number of benzene rings is 1. The minimum absolute atomic E-state index is 0.00502. The molecule has 0 aromatic heterocycles. The Kier molecular flexibility index (Phi) is 3.37. The molecule has 0 heterocycles. The topological polar surface area (TPSA) is 20.2 Å². The van der Waals surface area contributed by atoms with Crippen molar-refractivity contribution in [2.75, 3.05) is 6.61 Å². The smallest absolute Gasteiger partial charge is 0.126 e. The molecule has 0 spiro atoms. The summed E-state index contributed by atoms with van der Waals surface area (Å²) in [4.78, 5) is 0. The van der Waals surface area contributed by atoms with Crippen LogP contribution < -0.4 is 0 Å². The molecule has 0 aliphatic carbocycles. The Morgan fingerprint density at radius 1 is 1.23 bits per heavy atom. The van der Waals surface area contributed by atoms with Crippen molar-refractivity contribution in [1.82, 2.24) is 0 Å². The summed E-state index contributed by atoms with van der Waals surface area (Å²) in [6, 6.07) is 2.38. The number of aryl methyl sites for hydroxylation is 2. The monoisotopic (exact) mass is 186 g/mol. The lowest BCUT2D eigenvalue weighted by molar-refractivity contribution is 0.288. The third-order valence-electron chi connectivity index (χ3n) is 1.93. The summed E-state index contributed by atoms with van der Waals surface area (Å²) < 4.78 is 26.1. The van der Waals surface area contributed by atoms with Crippen molar-refractivity contribution in [3.05, 3.63) is 34.9 Å². The van der Waals surface area contributed by atoms with Gasteiger partial charge in [0.15, 0.2) is 0 Å². The average Bonchev–Trinajstić information content (AvgIpc) is 2.09. The number of aliphatic hydroxyl groups is 1. The van der Waals surface area contributed by atoms with E-state index in [4.69, 9.17) is 5.11 Å². The summed E-state index contributed by atoms with van der Waals surface area (Å²) in [5.74, 6) is -0.790. The molecule has 0 bridgehead atoms. The van der Waals surface area contributed by atoms with Gasteiger partial charge in [-0.2, -0.15) is 0 Å². The van der Waals surface area contributed by atoms with Crippen LogP contribution in [0.25, 0.3) is 0 Å². The minimum atomic E-state index is -0.396. The zero-order valence-corrected chi connectivity index (χ0v) is 7.48. The molecule has 0 radical (unpaired) electrons. The van der Waals surface area contributed by atoms with Crippen molar-refractivity contribution in [3.63, 3.8) is 0 Å². The molecule has 1 rings (SSSR count). The Morgan fingerprint density at radius 3 is 2.54 bits per heavy atom. The molecule has 3 heteroatoms. The van der Waals surface area contributed by atoms with Crippen molar-refractivity contribution in [1.29, 1.82) is 0 Å². The Bertz CT molecular complexity index is 297. The summed E-state index contributed by atoms with van der Waals surface area (Å²) in [5.41, 5.74) is 0.641. The van der Waals surface area contributed by atoms with Crippen LogP contribution in [-0.2, 0) is 6.42 Å². The van der Waals surface area contributed by atoms with E-state index in [0.29, 0.717) is 24.0 Å². The first-order valence-electron chi connectivity index (χ1n) is 4.20. The second-order valence-corrected chi connectivity index (χ2v) is 3.02. The van der Waals surface area contributed by atoms with Gasteiger partial charge in [-0.1, -0.05) is 0 Å². The molecule has 1 nitrogen and oxygen atoms in total. The molecular weight excluding hydrogens is 174 g/mol. The first-order chi connectivity index (χ1) is 6.15. The van der Waals surface area contributed by atoms with Crippen LogP contribution in [0.5, 0.6) is 0 Å². The highest BCUT2D eigenvalue weighted by Gasteiger charge is 2.06. The van der Waals surface area contributed by atoms with E-state index < -0.39 is 11.6 Å². The van der Waals surface area contributed by atoms with Gasteiger partial charge < -0.3 is 5.11 Å². The molecule has 1 N–H and O–H groups in total. The maximum absolute atomic E-state index is 13.1. The van der Waals surface area contributed by atoms with Gasteiger partial charge in [0.25, 0.3) is 0 Å². The van der Waals surface area contributed by atoms with E-state index in [0.717, 1.165) is 0 Å². The fourth-order valence-electron chi connectivity index (χ4n) is 1.15. The molecular formula is C10H12F2O. The third kappa shape index (κ3) is 2.49. The van der Waals surface area contributed by atoms with E-state index >= 15 is 0 Å². The van der Waals surface area contributed by atoms with Crippen LogP contribution in [0.2, 0.25) is 0 Å². The van der Waals surface area contributed by atoms with Crippen LogP contribution in [0.3, 0.4) is 0 Å². The van der Waals surface area contributed by atoms with Gasteiger partial charge in [-0.3, -0.25) is 0 Å². The fraction of sp³-hybridized carbons (Fsp3) is 0.400. The Balaban J connectivity index is 2.88. The van der Waals surface area contributed by atoms with E-state index in [1.54, 1.807) is 0 Å². The summed E-state index contributed by atoms with van der Waals surface area (Å²) >= 11 is 0.